The molecule has 0 aromatic carbocycles. The van der Waals surface area contributed by atoms with Crippen molar-refractivity contribution >= 4 is 27.3 Å². The van der Waals surface area contributed by atoms with Gasteiger partial charge in [0.25, 0.3) is 0 Å². The van der Waals surface area contributed by atoms with Crippen LogP contribution < -0.4 is 5.73 Å². The molecule has 1 aromatic heterocycles. The van der Waals surface area contributed by atoms with Crippen molar-refractivity contribution in [3.8, 4) is 0 Å². The van der Waals surface area contributed by atoms with Crippen LogP contribution in [0.25, 0.3) is 0 Å². The van der Waals surface area contributed by atoms with Gasteiger partial charge in [0.15, 0.2) is 0 Å². The molecule has 1 unspecified atom stereocenters. The van der Waals surface area contributed by atoms with Crippen LogP contribution in [0.15, 0.2) is 15.9 Å². The Morgan fingerprint density at radius 2 is 2.40 bits per heavy atom. The zero-order valence-corrected chi connectivity index (χ0v) is 7.91. The Kier molecular flexibility index (Phi) is 2.85. The van der Waals surface area contributed by atoms with Crippen LogP contribution in [0.4, 0.5) is 0 Å². The highest BCUT2D eigenvalue weighted by molar-refractivity contribution is 9.11. The van der Waals surface area contributed by atoms with E-state index in [4.69, 9.17) is 10.5 Å². The lowest BCUT2D eigenvalue weighted by Gasteiger charge is -2.04. The van der Waals surface area contributed by atoms with E-state index in [2.05, 4.69) is 15.9 Å². The molecule has 10 heavy (non-hydrogen) atoms. The van der Waals surface area contributed by atoms with Gasteiger partial charge in [-0.15, -0.1) is 11.3 Å². The monoisotopic (exact) mass is 221 g/mol. The maximum atomic E-state index is 5.57. The van der Waals surface area contributed by atoms with E-state index in [1.165, 1.54) is 0 Å². The fourth-order valence-corrected chi connectivity index (χ4v) is 2.00. The number of thiophene rings is 1. The molecule has 1 atom stereocenters. The zero-order valence-electron chi connectivity index (χ0n) is 5.50. The van der Waals surface area contributed by atoms with Crippen molar-refractivity contribution in [1.29, 1.82) is 0 Å². The minimum absolute atomic E-state index is 0.281. The Morgan fingerprint density at radius 1 is 1.70 bits per heavy atom. The smallest absolute Gasteiger partial charge is 0.140 e. The fraction of sp³-hybridized carbons (Fsp3) is 0.333. The lowest BCUT2D eigenvalue weighted by molar-refractivity contribution is 0.112. The van der Waals surface area contributed by atoms with E-state index < -0.39 is 0 Å². The van der Waals surface area contributed by atoms with Gasteiger partial charge in [0.2, 0.25) is 0 Å². The fourth-order valence-electron chi connectivity index (χ4n) is 0.597. The second-order valence-corrected chi connectivity index (χ2v) is 4.29. The van der Waals surface area contributed by atoms with Crippen LogP contribution in [0.1, 0.15) is 11.1 Å². The van der Waals surface area contributed by atoms with Gasteiger partial charge < -0.3 is 10.5 Å². The van der Waals surface area contributed by atoms with E-state index in [9.17, 15) is 0 Å². The highest BCUT2D eigenvalue weighted by Crippen LogP contribution is 2.26. The van der Waals surface area contributed by atoms with Gasteiger partial charge in [-0.1, -0.05) is 0 Å². The number of methoxy groups -OCH3 is 1. The number of ether oxygens (including phenoxy) is 1. The highest BCUT2D eigenvalue weighted by Gasteiger charge is 2.05. The topological polar surface area (TPSA) is 35.2 Å². The van der Waals surface area contributed by atoms with Crippen LogP contribution in [0, 0.1) is 0 Å². The summed E-state index contributed by atoms with van der Waals surface area (Å²) < 4.78 is 6.00. The molecular formula is C6H8BrNOS. The molecule has 1 rings (SSSR count). The van der Waals surface area contributed by atoms with E-state index >= 15 is 0 Å². The van der Waals surface area contributed by atoms with Crippen LogP contribution >= 0.6 is 27.3 Å². The number of hydrogen-bond donors (Lipinski definition) is 1. The van der Waals surface area contributed by atoms with Gasteiger partial charge in [-0.2, -0.15) is 0 Å². The first kappa shape index (κ1) is 8.20. The second-order valence-electron chi connectivity index (χ2n) is 1.80. The number of nitrogens with two attached hydrogens (primary N) is 1. The van der Waals surface area contributed by atoms with Crippen LogP contribution in [0.5, 0.6) is 0 Å². The minimum atomic E-state index is -0.281. The van der Waals surface area contributed by atoms with E-state index in [-0.39, 0.29) is 6.23 Å². The van der Waals surface area contributed by atoms with Gasteiger partial charge in [0.1, 0.15) is 6.23 Å². The van der Waals surface area contributed by atoms with Gasteiger partial charge in [-0.25, -0.2) is 0 Å². The summed E-state index contributed by atoms with van der Waals surface area (Å²) in [6, 6.07) is 3.90. The van der Waals surface area contributed by atoms with Gasteiger partial charge in [0, 0.05) is 12.0 Å². The average molecular weight is 222 g/mol. The summed E-state index contributed by atoms with van der Waals surface area (Å²) >= 11 is 4.92. The van der Waals surface area contributed by atoms with Crippen molar-refractivity contribution in [3.05, 3.63) is 20.8 Å². The molecule has 0 amide bonds. The summed E-state index contributed by atoms with van der Waals surface area (Å²) in [4.78, 5) is 1.04. The van der Waals surface area contributed by atoms with Crippen LogP contribution in [0.2, 0.25) is 0 Å². The van der Waals surface area contributed by atoms with Crippen molar-refractivity contribution < 1.29 is 4.74 Å². The van der Waals surface area contributed by atoms with E-state index in [1.807, 2.05) is 12.1 Å². The summed E-state index contributed by atoms with van der Waals surface area (Å²) in [6.07, 6.45) is -0.281. The van der Waals surface area contributed by atoms with Crippen molar-refractivity contribution in [1.82, 2.24) is 0 Å². The van der Waals surface area contributed by atoms with Crippen molar-refractivity contribution in [2.75, 3.05) is 7.11 Å². The lowest BCUT2D eigenvalue weighted by atomic mass is 10.4. The minimum Gasteiger partial charge on any atom is -0.362 e. The largest absolute Gasteiger partial charge is 0.362 e. The van der Waals surface area contributed by atoms with Crippen LogP contribution in [0.3, 0.4) is 0 Å². The first-order valence-electron chi connectivity index (χ1n) is 2.77. The standard InChI is InChI=1S/C6H8BrNOS/c1-9-6(8)4-2-3-5(7)10-4/h2-3,6H,8H2,1H3. The molecule has 1 aromatic rings. The molecule has 0 saturated carbocycles. The molecule has 0 aliphatic heterocycles. The van der Waals surface area contributed by atoms with Gasteiger partial charge >= 0.3 is 0 Å². The summed E-state index contributed by atoms with van der Waals surface area (Å²) in [6.45, 7) is 0. The zero-order chi connectivity index (χ0) is 7.56. The molecule has 0 aliphatic rings. The van der Waals surface area contributed by atoms with Crippen LogP contribution in [-0.4, -0.2) is 7.11 Å². The predicted molar refractivity (Wildman–Crippen MR) is 46.0 cm³/mol. The quantitative estimate of drug-likeness (QED) is 0.778. The summed E-state index contributed by atoms with van der Waals surface area (Å²) in [5, 5.41) is 0. The van der Waals surface area contributed by atoms with Crippen molar-refractivity contribution in [2.45, 2.75) is 6.23 Å². The number of rotatable bonds is 2. The first-order chi connectivity index (χ1) is 4.74. The lowest BCUT2D eigenvalue weighted by Crippen LogP contribution is -2.09. The molecule has 2 N–H and O–H groups in total. The molecule has 1 heterocycles. The third-order valence-electron chi connectivity index (χ3n) is 1.13. The summed E-state index contributed by atoms with van der Waals surface area (Å²) in [5.74, 6) is 0. The molecule has 0 aliphatic carbocycles. The Balaban J connectivity index is 2.74. The molecular weight excluding hydrogens is 214 g/mol. The molecule has 2 nitrogen and oxygen atoms in total. The maximum Gasteiger partial charge on any atom is 0.140 e. The maximum absolute atomic E-state index is 5.57. The Hall–Kier alpha value is 0.1000. The summed E-state index contributed by atoms with van der Waals surface area (Å²) in [5.41, 5.74) is 5.57. The third kappa shape index (κ3) is 1.79. The second kappa shape index (κ2) is 3.48. The molecule has 0 spiro atoms. The molecule has 0 saturated heterocycles. The van der Waals surface area contributed by atoms with Gasteiger partial charge in [-0.05, 0) is 28.1 Å². The first-order valence-corrected chi connectivity index (χ1v) is 4.38. The molecule has 4 heteroatoms. The van der Waals surface area contributed by atoms with Crippen molar-refractivity contribution in [3.63, 3.8) is 0 Å². The molecule has 0 radical (unpaired) electrons. The average Bonchev–Trinajstić information content (AvgIpc) is 2.34. The van der Waals surface area contributed by atoms with Gasteiger partial charge in [-0.3, -0.25) is 0 Å². The predicted octanol–water partition coefficient (Wildman–Crippen LogP) is 2.11. The highest BCUT2D eigenvalue weighted by atomic mass is 79.9. The third-order valence-corrected chi connectivity index (χ3v) is 2.81. The van der Waals surface area contributed by atoms with E-state index in [1.54, 1.807) is 18.4 Å². The van der Waals surface area contributed by atoms with Gasteiger partial charge in [0.05, 0.1) is 3.79 Å². The summed E-state index contributed by atoms with van der Waals surface area (Å²) in [7, 11) is 1.60. The Morgan fingerprint density at radius 3 is 2.80 bits per heavy atom. The number of hydrogen-bond acceptors (Lipinski definition) is 3. The normalized spacial score (nSPS) is 13.5. The Bertz CT molecular complexity index is 213. The SMILES string of the molecule is COC(N)c1ccc(Br)s1. The van der Waals surface area contributed by atoms with Crippen LogP contribution in [-0.2, 0) is 4.74 Å². The molecule has 0 bridgehead atoms. The molecule has 56 valence electrons. The van der Waals surface area contributed by atoms with E-state index in [0.29, 0.717) is 0 Å². The van der Waals surface area contributed by atoms with Crippen molar-refractivity contribution in [2.24, 2.45) is 5.73 Å². The molecule has 0 fully saturated rings. The number of halogens is 1. The van der Waals surface area contributed by atoms with E-state index in [0.717, 1.165) is 8.66 Å². The Labute approximate surface area is 72.1 Å².